The van der Waals surface area contributed by atoms with Gasteiger partial charge in [-0.15, -0.1) is 0 Å². The fourth-order valence-corrected chi connectivity index (χ4v) is 6.98. The Balaban J connectivity index is 1.13. The first-order valence-electron chi connectivity index (χ1n) is 13.9. The standard InChI is InChI=1S/C30H33ClN6O3/c1-35-13-10-23-18(17-35)9-14-37(23)19-7-8-22(25(15-19)39-3)33-29-32-16-21(31)27(34-29)40-24-6-4-5-20-26(24)28(38)36(2)30(20)11-12-30/h4-8,15-16,18,23H,9-14,17H2,1-3H3,(H,32,33,34). The topological polar surface area (TPSA) is 83.1 Å². The number of hydrogen-bond acceptors (Lipinski definition) is 8. The predicted molar refractivity (Wildman–Crippen MR) is 154 cm³/mol. The van der Waals surface area contributed by atoms with Crippen LogP contribution in [0.4, 0.5) is 17.3 Å². The highest BCUT2D eigenvalue weighted by molar-refractivity contribution is 6.31. The third-order valence-corrected chi connectivity index (χ3v) is 9.39. The minimum Gasteiger partial charge on any atom is -0.494 e. The molecule has 1 aromatic heterocycles. The van der Waals surface area contributed by atoms with Gasteiger partial charge < -0.3 is 29.5 Å². The van der Waals surface area contributed by atoms with E-state index in [1.165, 1.54) is 24.7 Å². The number of anilines is 3. The quantitative estimate of drug-likeness (QED) is 0.436. The first-order valence-corrected chi connectivity index (χ1v) is 14.3. The summed E-state index contributed by atoms with van der Waals surface area (Å²) in [5.41, 5.74) is 3.31. The van der Waals surface area contributed by atoms with Crippen LogP contribution in [0, 0.1) is 5.92 Å². The van der Waals surface area contributed by atoms with E-state index in [0.717, 1.165) is 43.7 Å². The molecule has 0 radical (unpaired) electrons. The van der Waals surface area contributed by atoms with E-state index in [1.54, 1.807) is 13.2 Å². The van der Waals surface area contributed by atoms with Crippen LogP contribution in [0.15, 0.2) is 42.6 Å². The van der Waals surface area contributed by atoms with Crippen LogP contribution in [-0.4, -0.2) is 72.6 Å². The number of carbonyl (C=O) groups is 1. The van der Waals surface area contributed by atoms with Crippen LogP contribution in [0.1, 0.15) is 41.6 Å². The normalized spacial score (nSPS) is 22.9. The molecule has 40 heavy (non-hydrogen) atoms. The molecule has 1 aliphatic carbocycles. The molecule has 1 spiro atoms. The summed E-state index contributed by atoms with van der Waals surface area (Å²) in [6.45, 7) is 3.35. The van der Waals surface area contributed by atoms with Crippen molar-refractivity contribution in [2.75, 3.05) is 51.1 Å². The largest absolute Gasteiger partial charge is 0.494 e. The molecule has 3 fully saturated rings. The number of rotatable bonds is 6. The van der Waals surface area contributed by atoms with Gasteiger partial charge in [-0.25, -0.2) is 4.98 Å². The van der Waals surface area contributed by atoms with Gasteiger partial charge in [-0.3, -0.25) is 4.79 Å². The Bertz CT molecular complexity index is 1490. The number of piperidine rings is 1. The number of aromatic nitrogens is 2. The number of nitrogens with one attached hydrogen (secondary N) is 1. The monoisotopic (exact) mass is 560 g/mol. The van der Waals surface area contributed by atoms with Crippen molar-refractivity contribution in [3.05, 3.63) is 58.7 Å². The molecule has 2 aromatic carbocycles. The fraction of sp³-hybridized carbons (Fsp3) is 0.433. The number of ether oxygens (including phenoxy) is 2. The smallest absolute Gasteiger partial charge is 0.258 e. The minimum absolute atomic E-state index is 0.0407. The molecule has 2 saturated heterocycles. The van der Waals surface area contributed by atoms with Crippen molar-refractivity contribution in [1.82, 2.24) is 19.8 Å². The lowest BCUT2D eigenvalue weighted by atomic mass is 9.93. The van der Waals surface area contributed by atoms with E-state index in [1.807, 2.05) is 30.1 Å². The summed E-state index contributed by atoms with van der Waals surface area (Å²) >= 11 is 6.44. The molecule has 2 unspecified atom stereocenters. The van der Waals surface area contributed by atoms with E-state index in [2.05, 4.69) is 44.3 Å². The lowest BCUT2D eigenvalue weighted by Gasteiger charge is -2.37. The minimum atomic E-state index is -0.194. The number of hydrogen-bond donors (Lipinski definition) is 1. The molecule has 3 aromatic rings. The molecule has 9 nitrogen and oxygen atoms in total. The van der Waals surface area contributed by atoms with Crippen molar-refractivity contribution in [1.29, 1.82) is 0 Å². The van der Waals surface area contributed by atoms with Gasteiger partial charge in [-0.1, -0.05) is 23.7 Å². The first kappa shape index (κ1) is 25.4. The van der Waals surface area contributed by atoms with E-state index in [-0.39, 0.29) is 22.3 Å². The number of methoxy groups -OCH3 is 1. The van der Waals surface area contributed by atoms with Gasteiger partial charge in [-0.05, 0) is 69.0 Å². The molecular weight excluding hydrogens is 528 g/mol. The van der Waals surface area contributed by atoms with Gasteiger partial charge in [0.2, 0.25) is 11.8 Å². The average Bonchev–Trinajstić information content (AvgIpc) is 3.62. The maximum absolute atomic E-state index is 13.1. The molecule has 1 saturated carbocycles. The van der Waals surface area contributed by atoms with Gasteiger partial charge >= 0.3 is 0 Å². The molecule has 3 aliphatic heterocycles. The lowest BCUT2D eigenvalue weighted by Crippen LogP contribution is -2.44. The molecule has 7 rings (SSSR count). The van der Waals surface area contributed by atoms with Gasteiger partial charge in [0.25, 0.3) is 5.91 Å². The average molecular weight is 561 g/mol. The highest BCUT2D eigenvalue weighted by Gasteiger charge is 2.57. The summed E-state index contributed by atoms with van der Waals surface area (Å²) < 4.78 is 11.9. The van der Waals surface area contributed by atoms with Crippen molar-refractivity contribution in [3.8, 4) is 17.4 Å². The molecule has 1 N–H and O–H groups in total. The van der Waals surface area contributed by atoms with Crippen molar-refractivity contribution in [2.45, 2.75) is 37.3 Å². The maximum Gasteiger partial charge on any atom is 0.258 e. The van der Waals surface area contributed by atoms with Gasteiger partial charge in [0.1, 0.15) is 16.5 Å². The number of amides is 1. The number of fused-ring (bicyclic) bond motifs is 3. The van der Waals surface area contributed by atoms with Crippen molar-refractivity contribution in [3.63, 3.8) is 0 Å². The Morgan fingerprint density at radius 1 is 1.10 bits per heavy atom. The van der Waals surface area contributed by atoms with Crippen molar-refractivity contribution in [2.24, 2.45) is 5.92 Å². The maximum atomic E-state index is 13.1. The molecular formula is C30H33ClN6O3. The summed E-state index contributed by atoms with van der Waals surface area (Å²) in [7, 11) is 5.74. The summed E-state index contributed by atoms with van der Waals surface area (Å²) in [4.78, 5) is 28.8. The molecule has 4 heterocycles. The SMILES string of the molecule is COc1cc(N2CCC3CN(C)CCC32)ccc1Nc1ncc(Cl)c(Oc2cccc3c2C(=O)N(C)C32CC2)n1. The second kappa shape index (κ2) is 9.52. The summed E-state index contributed by atoms with van der Waals surface area (Å²) in [5, 5.41) is 3.52. The zero-order valence-corrected chi connectivity index (χ0v) is 23.7. The van der Waals surface area contributed by atoms with Crippen LogP contribution in [0.2, 0.25) is 5.02 Å². The molecule has 1 amide bonds. The highest BCUT2D eigenvalue weighted by atomic mass is 35.5. The summed E-state index contributed by atoms with van der Waals surface area (Å²) in [5.74, 6) is 2.32. The third-order valence-electron chi connectivity index (χ3n) is 9.13. The Morgan fingerprint density at radius 2 is 1.95 bits per heavy atom. The molecule has 10 heteroatoms. The zero-order chi connectivity index (χ0) is 27.6. The molecule has 208 valence electrons. The number of likely N-dealkylation sites (tertiary alicyclic amines) is 1. The summed E-state index contributed by atoms with van der Waals surface area (Å²) in [6.07, 6.45) is 5.82. The van der Waals surface area contributed by atoms with E-state index < -0.39 is 0 Å². The fourth-order valence-electron chi connectivity index (χ4n) is 6.85. The van der Waals surface area contributed by atoms with Gasteiger partial charge in [0.15, 0.2) is 0 Å². The Morgan fingerprint density at radius 3 is 2.75 bits per heavy atom. The van der Waals surface area contributed by atoms with Crippen LogP contribution in [0.3, 0.4) is 0 Å². The number of halogens is 1. The lowest BCUT2D eigenvalue weighted by molar-refractivity contribution is 0.0753. The van der Waals surface area contributed by atoms with Crippen LogP contribution in [-0.2, 0) is 5.54 Å². The number of carbonyl (C=O) groups excluding carboxylic acids is 1. The molecule has 2 atom stereocenters. The van der Waals surface area contributed by atoms with Crippen molar-refractivity contribution >= 4 is 34.8 Å². The second-order valence-electron chi connectivity index (χ2n) is 11.4. The predicted octanol–water partition coefficient (Wildman–Crippen LogP) is 5.28. The van der Waals surface area contributed by atoms with Crippen LogP contribution in [0.5, 0.6) is 17.4 Å². The van der Waals surface area contributed by atoms with Gasteiger partial charge in [0, 0.05) is 37.9 Å². The Kier molecular flexibility index (Phi) is 6.05. The molecule has 0 bridgehead atoms. The second-order valence-corrected chi connectivity index (χ2v) is 11.8. The molecule has 4 aliphatic rings. The van der Waals surface area contributed by atoms with E-state index in [0.29, 0.717) is 35.0 Å². The van der Waals surface area contributed by atoms with E-state index >= 15 is 0 Å². The highest BCUT2D eigenvalue weighted by Crippen LogP contribution is 2.57. The third kappa shape index (κ3) is 4.06. The van der Waals surface area contributed by atoms with Crippen LogP contribution in [0.25, 0.3) is 0 Å². The van der Waals surface area contributed by atoms with Crippen LogP contribution >= 0.6 is 11.6 Å². The zero-order valence-electron chi connectivity index (χ0n) is 23.0. The van der Waals surface area contributed by atoms with E-state index in [4.69, 9.17) is 21.1 Å². The number of nitrogens with zero attached hydrogens (tertiary/aromatic N) is 5. The first-order chi connectivity index (χ1) is 19.4. The van der Waals surface area contributed by atoms with Gasteiger partial charge in [-0.2, -0.15) is 4.98 Å². The Labute approximate surface area is 239 Å². The van der Waals surface area contributed by atoms with E-state index in [9.17, 15) is 4.79 Å². The number of benzene rings is 2. The van der Waals surface area contributed by atoms with Gasteiger partial charge in [0.05, 0.1) is 30.1 Å². The Hall–Kier alpha value is -3.56. The summed E-state index contributed by atoms with van der Waals surface area (Å²) in [6, 6.07) is 12.5. The van der Waals surface area contributed by atoms with Crippen LogP contribution < -0.4 is 19.7 Å². The van der Waals surface area contributed by atoms with Crippen molar-refractivity contribution < 1.29 is 14.3 Å².